The molecule has 9 heteroatoms. The molecule has 0 radical (unpaired) electrons. The Morgan fingerprint density at radius 3 is 2.46 bits per heavy atom. The van der Waals surface area contributed by atoms with Crippen molar-refractivity contribution in [3.05, 3.63) is 93.8 Å². The predicted molar refractivity (Wildman–Crippen MR) is 131 cm³/mol. The molecule has 0 atom stereocenters. The molecule has 0 N–H and O–H groups in total. The van der Waals surface area contributed by atoms with Gasteiger partial charge in [-0.1, -0.05) is 24.3 Å². The van der Waals surface area contributed by atoms with Gasteiger partial charge in [-0.25, -0.2) is 9.18 Å². The molecule has 1 aromatic heterocycles. The molecule has 0 amide bonds. The minimum absolute atomic E-state index is 0.0804. The average Bonchev–Trinajstić information content (AvgIpc) is 2.87. The normalized spacial score (nSPS) is 11.6. The number of para-hydroxylation sites is 1. The van der Waals surface area contributed by atoms with Gasteiger partial charge in [-0.05, 0) is 54.1 Å². The van der Waals surface area contributed by atoms with Gasteiger partial charge in [0.25, 0.3) is 0 Å². The van der Waals surface area contributed by atoms with Crippen molar-refractivity contribution < 1.29 is 31.5 Å². The number of hydrogen-bond donors (Lipinski definition) is 0. The van der Waals surface area contributed by atoms with Crippen LogP contribution in [0.4, 0.5) is 17.6 Å². The number of nitrogens with zero attached hydrogens (tertiary/aromatic N) is 1. The number of fused-ring (bicyclic) bond motifs is 1. The zero-order valence-corrected chi connectivity index (χ0v) is 19.4. The summed E-state index contributed by atoms with van der Waals surface area (Å²) in [6.45, 7) is -0.620. The first-order valence-electron chi connectivity index (χ1n) is 11.0. The third kappa shape index (κ3) is 5.81. The molecule has 0 aliphatic rings. The first-order chi connectivity index (χ1) is 17.7. The fourth-order valence-corrected chi connectivity index (χ4v) is 3.78. The molecule has 4 rings (SSSR count). The van der Waals surface area contributed by atoms with E-state index in [-0.39, 0.29) is 22.6 Å². The molecule has 0 unspecified atom stereocenters. The van der Waals surface area contributed by atoms with Gasteiger partial charge in [-0.2, -0.15) is 18.4 Å². The van der Waals surface area contributed by atoms with Crippen LogP contribution in [0, 0.1) is 17.1 Å². The van der Waals surface area contributed by atoms with E-state index in [4.69, 9.17) is 19.2 Å². The van der Waals surface area contributed by atoms with E-state index >= 15 is 0 Å². The number of ether oxygens (including phenoxy) is 2. The maximum absolute atomic E-state index is 14.2. The zero-order chi connectivity index (χ0) is 26.6. The molecule has 4 aromatic rings. The van der Waals surface area contributed by atoms with Crippen LogP contribution in [0.25, 0.3) is 34.1 Å². The van der Waals surface area contributed by atoms with Crippen LogP contribution in [0.2, 0.25) is 0 Å². The highest BCUT2D eigenvalue weighted by Crippen LogP contribution is 2.36. The van der Waals surface area contributed by atoms with Crippen molar-refractivity contribution in [1.82, 2.24) is 0 Å². The van der Waals surface area contributed by atoms with E-state index in [0.29, 0.717) is 27.6 Å². The van der Waals surface area contributed by atoms with Crippen LogP contribution in [0.5, 0.6) is 11.5 Å². The van der Waals surface area contributed by atoms with Crippen LogP contribution in [0.15, 0.2) is 69.9 Å². The Hall–Kier alpha value is -4.58. The summed E-state index contributed by atoms with van der Waals surface area (Å²) < 4.78 is 68.4. The summed E-state index contributed by atoms with van der Waals surface area (Å²) in [5.74, 6) is -0.175. The summed E-state index contributed by atoms with van der Waals surface area (Å²) in [5, 5.41) is 9.59. The van der Waals surface area contributed by atoms with Crippen molar-refractivity contribution in [2.75, 3.05) is 13.7 Å². The zero-order valence-electron chi connectivity index (χ0n) is 19.4. The van der Waals surface area contributed by atoms with Gasteiger partial charge in [0.1, 0.15) is 11.6 Å². The van der Waals surface area contributed by atoms with Crippen molar-refractivity contribution in [1.29, 1.82) is 5.26 Å². The maximum Gasteiger partial charge on any atom is 0.392 e. The number of halogens is 4. The molecule has 0 saturated carbocycles. The van der Waals surface area contributed by atoms with E-state index in [2.05, 4.69) is 0 Å². The molecule has 0 bridgehead atoms. The Balaban J connectivity index is 1.84. The molecule has 37 heavy (non-hydrogen) atoms. The third-order valence-corrected chi connectivity index (χ3v) is 5.50. The SMILES string of the molecule is COc1cccc(C=Cc2oc(=O)c3ccc(F)cc3c2-c2ccc(C#N)cc2)c1OCCC(F)(F)F. The molecule has 188 valence electrons. The van der Waals surface area contributed by atoms with E-state index in [1.165, 1.54) is 31.4 Å². The second-order valence-electron chi connectivity index (χ2n) is 7.93. The van der Waals surface area contributed by atoms with Crippen LogP contribution in [0.1, 0.15) is 23.3 Å². The molecule has 1 heterocycles. The lowest BCUT2D eigenvalue weighted by atomic mass is 9.97. The van der Waals surface area contributed by atoms with Gasteiger partial charge in [0, 0.05) is 16.5 Å². The minimum atomic E-state index is -4.39. The summed E-state index contributed by atoms with van der Waals surface area (Å²) in [7, 11) is 1.36. The summed E-state index contributed by atoms with van der Waals surface area (Å²) in [6.07, 6.45) is -2.59. The lowest BCUT2D eigenvalue weighted by Gasteiger charge is -2.14. The Morgan fingerprint density at radius 1 is 1.03 bits per heavy atom. The van der Waals surface area contributed by atoms with Gasteiger partial charge in [0.05, 0.1) is 37.2 Å². The van der Waals surface area contributed by atoms with Gasteiger partial charge < -0.3 is 13.9 Å². The highest BCUT2D eigenvalue weighted by atomic mass is 19.4. The van der Waals surface area contributed by atoms with Crippen LogP contribution in [-0.2, 0) is 0 Å². The molecule has 0 saturated heterocycles. The fraction of sp³-hybridized carbons (Fsp3) is 0.143. The van der Waals surface area contributed by atoms with Gasteiger partial charge in [0.15, 0.2) is 11.5 Å². The lowest BCUT2D eigenvalue weighted by Crippen LogP contribution is -2.13. The quantitative estimate of drug-likeness (QED) is 0.251. The molecule has 0 aliphatic heterocycles. The fourth-order valence-electron chi connectivity index (χ4n) is 3.78. The summed E-state index contributed by atoms with van der Waals surface area (Å²) in [6, 6.07) is 16.9. The summed E-state index contributed by atoms with van der Waals surface area (Å²) >= 11 is 0. The first-order valence-corrected chi connectivity index (χ1v) is 11.0. The number of alkyl halides is 3. The third-order valence-electron chi connectivity index (χ3n) is 5.50. The van der Waals surface area contributed by atoms with Crippen LogP contribution < -0.4 is 15.1 Å². The van der Waals surface area contributed by atoms with E-state index < -0.39 is 30.6 Å². The van der Waals surface area contributed by atoms with Gasteiger partial charge in [0.2, 0.25) is 0 Å². The van der Waals surface area contributed by atoms with Crippen LogP contribution in [0.3, 0.4) is 0 Å². The lowest BCUT2D eigenvalue weighted by molar-refractivity contribution is -0.139. The van der Waals surface area contributed by atoms with Crippen LogP contribution in [-0.4, -0.2) is 19.9 Å². The van der Waals surface area contributed by atoms with E-state index in [1.54, 1.807) is 42.5 Å². The Bertz CT molecular complexity index is 1570. The summed E-state index contributed by atoms with van der Waals surface area (Å²) in [4.78, 5) is 12.7. The molecule has 0 spiro atoms. The van der Waals surface area contributed by atoms with Crippen LogP contribution >= 0.6 is 0 Å². The number of hydrogen-bond acceptors (Lipinski definition) is 5. The molecular weight excluding hydrogens is 490 g/mol. The Morgan fingerprint density at radius 2 is 1.78 bits per heavy atom. The number of nitriles is 1. The van der Waals surface area contributed by atoms with Crippen molar-refractivity contribution in [2.24, 2.45) is 0 Å². The molecule has 0 fully saturated rings. The monoisotopic (exact) mass is 509 g/mol. The Labute approximate surface area is 208 Å². The highest BCUT2D eigenvalue weighted by Gasteiger charge is 2.27. The Kier molecular flexibility index (Phi) is 7.30. The second-order valence-corrected chi connectivity index (χ2v) is 7.93. The average molecular weight is 509 g/mol. The number of rotatable bonds is 7. The van der Waals surface area contributed by atoms with Crippen molar-refractivity contribution in [3.63, 3.8) is 0 Å². The van der Waals surface area contributed by atoms with Gasteiger partial charge >= 0.3 is 11.8 Å². The minimum Gasteiger partial charge on any atom is -0.493 e. The predicted octanol–water partition coefficient (Wildman–Crippen LogP) is 6.98. The smallest absolute Gasteiger partial charge is 0.392 e. The molecule has 5 nitrogen and oxygen atoms in total. The van der Waals surface area contributed by atoms with Crippen molar-refractivity contribution in [2.45, 2.75) is 12.6 Å². The number of methoxy groups -OCH3 is 1. The van der Waals surface area contributed by atoms with Gasteiger partial charge in [-0.3, -0.25) is 0 Å². The van der Waals surface area contributed by atoms with Crippen molar-refractivity contribution in [3.8, 4) is 28.7 Å². The van der Waals surface area contributed by atoms with E-state index in [0.717, 1.165) is 6.07 Å². The van der Waals surface area contributed by atoms with E-state index in [9.17, 15) is 22.4 Å². The first kappa shape index (κ1) is 25.5. The molecule has 0 aliphatic carbocycles. The number of benzene rings is 3. The molecule has 3 aromatic carbocycles. The van der Waals surface area contributed by atoms with E-state index in [1.807, 2.05) is 6.07 Å². The summed E-state index contributed by atoms with van der Waals surface area (Å²) in [5.41, 5.74) is 1.04. The van der Waals surface area contributed by atoms with Gasteiger partial charge in [-0.15, -0.1) is 0 Å². The highest BCUT2D eigenvalue weighted by molar-refractivity contribution is 5.99. The van der Waals surface area contributed by atoms with Crippen molar-refractivity contribution >= 4 is 22.9 Å². The largest absolute Gasteiger partial charge is 0.493 e. The second kappa shape index (κ2) is 10.6. The maximum atomic E-state index is 14.2. The topological polar surface area (TPSA) is 72.5 Å². The standard InChI is InChI=1S/C28H19F4NO4/c1-35-24-4-2-3-19(26(24)36-14-13-28(30,31)32)9-12-23-25(18-7-5-17(16-33)6-8-18)22-15-20(29)10-11-21(22)27(34)37-23/h2-12,15H,13-14H2,1H3. The molecular formula is C28H19F4NO4.